The number of fused-ring (bicyclic) bond motifs is 1. The van der Waals surface area contributed by atoms with Crippen LogP contribution in [0.1, 0.15) is 5.56 Å². The minimum absolute atomic E-state index is 0.289. The molecule has 0 radical (unpaired) electrons. The van der Waals surface area contributed by atoms with Gasteiger partial charge < -0.3 is 16.2 Å². The van der Waals surface area contributed by atoms with Gasteiger partial charge in [-0.15, -0.1) is 0 Å². The highest BCUT2D eigenvalue weighted by Gasteiger charge is 2.18. The summed E-state index contributed by atoms with van der Waals surface area (Å²) >= 11 is 0. The van der Waals surface area contributed by atoms with E-state index in [-0.39, 0.29) is 5.57 Å². The van der Waals surface area contributed by atoms with Crippen molar-refractivity contribution in [1.82, 2.24) is 4.98 Å². The quantitative estimate of drug-likeness (QED) is 0.605. The molecule has 5 heteroatoms. The normalized spacial score (nSPS) is 13.9. The second kappa shape index (κ2) is 3.02. The summed E-state index contributed by atoms with van der Waals surface area (Å²) in [6, 6.07) is 1.66. The minimum atomic E-state index is -0.939. The third-order valence-corrected chi connectivity index (χ3v) is 2.12. The van der Waals surface area contributed by atoms with Crippen LogP contribution in [-0.4, -0.2) is 16.1 Å². The van der Waals surface area contributed by atoms with E-state index in [9.17, 15) is 4.79 Å². The van der Waals surface area contributed by atoms with Gasteiger partial charge in [-0.2, -0.15) is 0 Å². The largest absolute Gasteiger partial charge is 0.478 e. The summed E-state index contributed by atoms with van der Waals surface area (Å²) in [6.45, 7) is 0. The summed E-state index contributed by atoms with van der Waals surface area (Å²) in [5, 5.41) is 11.6. The van der Waals surface area contributed by atoms with E-state index >= 15 is 0 Å². The fourth-order valence-corrected chi connectivity index (χ4v) is 1.35. The first-order chi connectivity index (χ1) is 6.68. The number of nitrogen functional groups attached to an aromatic ring is 1. The second-order valence-electron chi connectivity index (χ2n) is 3.02. The van der Waals surface area contributed by atoms with E-state index in [1.807, 2.05) is 0 Å². The van der Waals surface area contributed by atoms with Gasteiger partial charge in [0.15, 0.2) is 0 Å². The first-order valence-corrected chi connectivity index (χ1v) is 4.10. The Hall–Kier alpha value is -2.04. The van der Waals surface area contributed by atoms with Gasteiger partial charge in [0.2, 0.25) is 0 Å². The maximum Gasteiger partial charge on any atom is 0.333 e. The number of pyridine rings is 1. The lowest BCUT2D eigenvalue weighted by atomic mass is 10.0. The number of rotatable bonds is 1. The number of carboxylic acid groups (broad SMARTS) is 1. The van der Waals surface area contributed by atoms with Gasteiger partial charge in [0.1, 0.15) is 5.82 Å². The Morgan fingerprint density at radius 1 is 1.64 bits per heavy atom. The van der Waals surface area contributed by atoms with Crippen molar-refractivity contribution in [2.24, 2.45) is 0 Å². The van der Waals surface area contributed by atoms with Crippen LogP contribution in [-0.2, 0) is 11.2 Å². The lowest BCUT2D eigenvalue weighted by Gasteiger charge is -2.16. The molecule has 0 saturated heterocycles. The van der Waals surface area contributed by atoms with Gasteiger partial charge >= 0.3 is 5.97 Å². The van der Waals surface area contributed by atoms with Crippen molar-refractivity contribution < 1.29 is 9.90 Å². The van der Waals surface area contributed by atoms with Gasteiger partial charge in [-0.1, -0.05) is 0 Å². The predicted octanol–water partition coefficient (Wildman–Crippen LogP) is 0.600. The Morgan fingerprint density at radius 2 is 2.43 bits per heavy atom. The third kappa shape index (κ3) is 1.28. The van der Waals surface area contributed by atoms with Crippen molar-refractivity contribution in [1.29, 1.82) is 0 Å². The number of aromatic nitrogens is 1. The monoisotopic (exact) mass is 191 g/mol. The van der Waals surface area contributed by atoms with Gasteiger partial charge in [0.25, 0.3) is 0 Å². The zero-order valence-corrected chi connectivity index (χ0v) is 7.32. The van der Waals surface area contributed by atoms with Crippen molar-refractivity contribution >= 4 is 17.5 Å². The Morgan fingerprint density at radius 3 is 3.14 bits per heavy atom. The third-order valence-electron chi connectivity index (χ3n) is 2.12. The molecule has 0 unspecified atom stereocenters. The van der Waals surface area contributed by atoms with Crippen LogP contribution in [0.15, 0.2) is 24.0 Å². The fourth-order valence-electron chi connectivity index (χ4n) is 1.35. The number of nitrogens with one attached hydrogen (secondary N) is 1. The molecule has 1 aliphatic heterocycles. The first-order valence-electron chi connectivity index (χ1n) is 4.10. The molecule has 0 saturated carbocycles. The van der Waals surface area contributed by atoms with E-state index in [1.165, 1.54) is 6.20 Å². The number of nitrogens with zero attached hydrogens (tertiary/aromatic N) is 1. The van der Waals surface area contributed by atoms with E-state index in [0.717, 1.165) is 5.56 Å². The number of hydrogen-bond acceptors (Lipinski definition) is 4. The molecule has 4 N–H and O–H groups in total. The maximum atomic E-state index is 10.7. The molecule has 0 aliphatic carbocycles. The fraction of sp³-hybridized carbons (Fsp3) is 0.111. The molecule has 2 heterocycles. The highest BCUT2D eigenvalue weighted by molar-refractivity contribution is 5.89. The molecular weight excluding hydrogens is 182 g/mol. The van der Waals surface area contributed by atoms with Gasteiger partial charge in [-0.05, 0) is 6.07 Å². The van der Waals surface area contributed by atoms with Crippen molar-refractivity contribution in [2.75, 3.05) is 11.1 Å². The number of anilines is 2. The van der Waals surface area contributed by atoms with Gasteiger partial charge in [0.05, 0.1) is 5.57 Å². The molecule has 0 spiro atoms. The molecule has 1 aromatic heterocycles. The van der Waals surface area contributed by atoms with E-state index in [4.69, 9.17) is 10.8 Å². The molecular formula is C9H9N3O2. The number of carbonyl (C=O) groups is 1. The van der Waals surface area contributed by atoms with Gasteiger partial charge in [-0.3, -0.25) is 0 Å². The Bertz CT molecular complexity index is 426. The molecule has 72 valence electrons. The summed E-state index contributed by atoms with van der Waals surface area (Å²) in [5.41, 5.74) is 7.30. The average Bonchev–Trinajstić information content (AvgIpc) is 2.18. The molecule has 0 aromatic carbocycles. The van der Waals surface area contributed by atoms with Crippen LogP contribution in [0, 0.1) is 0 Å². The Labute approximate surface area is 80.3 Å². The van der Waals surface area contributed by atoms with Gasteiger partial charge in [-0.25, -0.2) is 9.78 Å². The molecule has 2 rings (SSSR count). The van der Waals surface area contributed by atoms with Crippen LogP contribution in [0.4, 0.5) is 11.5 Å². The number of carboxylic acids is 1. The number of aliphatic carboxylic acids is 1. The van der Waals surface area contributed by atoms with E-state index in [1.54, 1.807) is 12.3 Å². The van der Waals surface area contributed by atoms with Crippen molar-refractivity contribution in [3.8, 4) is 0 Å². The number of hydrogen-bond donors (Lipinski definition) is 3. The molecule has 0 amide bonds. The summed E-state index contributed by atoms with van der Waals surface area (Å²) < 4.78 is 0. The molecule has 5 nitrogen and oxygen atoms in total. The smallest absolute Gasteiger partial charge is 0.333 e. The number of nitrogens with two attached hydrogens (primary N) is 1. The van der Waals surface area contributed by atoms with E-state index in [2.05, 4.69) is 10.3 Å². The minimum Gasteiger partial charge on any atom is -0.478 e. The molecule has 0 bridgehead atoms. The summed E-state index contributed by atoms with van der Waals surface area (Å²) in [4.78, 5) is 14.8. The standard InChI is InChI=1S/C9H9N3O2/c10-7-1-2-11-8-6(7)3-5(4-12-8)9(13)14/h1-2,4H,3H2,(H,13,14)(H3,10,11,12). The van der Waals surface area contributed by atoms with Crippen LogP contribution in [0.5, 0.6) is 0 Å². The van der Waals surface area contributed by atoms with E-state index < -0.39 is 5.97 Å². The molecule has 1 aromatic rings. The molecule has 0 atom stereocenters. The Kier molecular flexibility index (Phi) is 1.85. The van der Waals surface area contributed by atoms with Crippen LogP contribution in [0.25, 0.3) is 0 Å². The van der Waals surface area contributed by atoms with Crippen LogP contribution in [0.2, 0.25) is 0 Å². The van der Waals surface area contributed by atoms with Gasteiger partial charge in [0, 0.05) is 30.1 Å². The lowest BCUT2D eigenvalue weighted by Crippen LogP contribution is -2.14. The highest BCUT2D eigenvalue weighted by atomic mass is 16.4. The SMILES string of the molecule is Nc1ccnc2c1CC(C(=O)O)=CN2. The zero-order chi connectivity index (χ0) is 10.1. The average molecular weight is 191 g/mol. The second-order valence-corrected chi connectivity index (χ2v) is 3.02. The summed E-state index contributed by atoms with van der Waals surface area (Å²) in [7, 11) is 0. The van der Waals surface area contributed by atoms with Crippen molar-refractivity contribution in [3.63, 3.8) is 0 Å². The lowest BCUT2D eigenvalue weighted by molar-refractivity contribution is -0.132. The first kappa shape index (κ1) is 8.55. The molecule has 14 heavy (non-hydrogen) atoms. The van der Waals surface area contributed by atoms with Crippen molar-refractivity contribution in [3.05, 3.63) is 29.6 Å². The van der Waals surface area contributed by atoms with E-state index in [0.29, 0.717) is 17.9 Å². The van der Waals surface area contributed by atoms with Crippen LogP contribution >= 0.6 is 0 Å². The molecule has 0 fully saturated rings. The summed E-state index contributed by atoms with van der Waals surface area (Å²) in [5.74, 6) is -0.304. The summed E-state index contributed by atoms with van der Waals surface area (Å²) in [6.07, 6.45) is 3.34. The van der Waals surface area contributed by atoms with Crippen LogP contribution in [0.3, 0.4) is 0 Å². The van der Waals surface area contributed by atoms with Crippen molar-refractivity contribution in [2.45, 2.75) is 6.42 Å². The zero-order valence-electron chi connectivity index (χ0n) is 7.32. The topological polar surface area (TPSA) is 88.2 Å². The molecule has 1 aliphatic rings. The van der Waals surface area contributed by atoms with Crippen LogP contribution < -0.4 is 11.1 Å². The predicted molar refractivity (Wildman–Crippen MR) is 51.7 cm³/mol. The Balaban J connectivity index is 2.40. The highest BCUT2D eigenvalue weighted by Crippen LogP contribution is 2.26. The maximum absolute atomic E-state index is 10.7.